The van der Waals surface area contributed by atoms with Gasteiger partial charge in [-0.2, -0.15) is 0 Å². The van der Waals surface area contributed by atoms with Gasteiger partial charge in [-0.05, 0) is 24.9 Å². The van der Waals surface area contributed by atoms with Gasteiger partial charge in [-0.25, -0.2) is 0 Å². The fourth-order valence-electron chi connectivity index (χ4n) is 2.32. The summed E-state index contributed by atoms with van der Waals surface area (Å²) >= 11 is 0. The molecule has 0 radical (unpaired) electrons. The highest BCUT2D eigenvalue weighted by Gasteiger charge is 2.49. The molecule has 0 aromatic rings. The Balaban J connectivity index is 2.12. The van der Waals surface area contributed by atoms with Gasteiger partial charge >= 0.3 is 0 Å². The Morgan fingerprint density at radius 3 is 2.00 bits per heavy atom. The van der Waals surface area contributed by atoms with Gasteiger partial charge in [0.05, 0.1) is 13.2 Å². The van der Waals surface area contributed by atoms with E-state index in [1.54, 1.807) is 0 Å². The Hall–Kier alpha value is -0.0800. The molecule has 2 saturated heterocycles. The summed E-state index contributed by atoms with van der Waals surface area (Å²) in [6.45, 7) is 9.02. The van der Waals surface area contributed by atoms with E-state index in [0.717, 1.165) is 25.0 Å². The Morgan fingerprint density at radius 2 is 1.73 bits per heavy atom. The van der Waals surface area contributed by atoms with Gasteiger partial charge < -0.3 is 10.1 Å². The summed E-state index contributed by atoms with van der Waals surface area (Å²) in [4.78, 5) is 0. The molecule has 2 rings (SSSR count). The molecular weight excluding hydrogens is 138 g/mol. The Kier molecular flexibility index (Phi) is 1.69. The van der Waals surface area contributed by atoms with Gasteiger partial charge in [-0.15, -0.1) is 0 Å². The molecule has 0 saturated carbocycles. The molecule has 0 aromatic carbocycles. The number of hydrogen-bond acceptors (Lipinski definition) is 2. The van der Waals surface area contributed by atoms with Gasteiger partial charge in [0.2, 0.25) is 0 Å². The molecule has 0 aromatic heterocycles. The standard InChI is InChI=1S/C9H17NO/c1-7-3-10-4-8(2)9(7)5-11-6-9/h7-8,10H,3-6H2,1-2H3. The van der Waals surface area contributed by atoms with Gasteiger partial charge in [-0.3, -0.25) is 0 Å². The Labute approximate surface area is 68.3 Å². The van der Waals surface area contributed by atoms with E-state index < -0.39 is 0 Å². The van der Waals surface area contributed by atoms with E-state index in [9.17, 15) is 0 Å². The lowest BCUT2D eigenvalue weighted by atomic mass is 9.64. The molecule has 2 aliphatic heterocycles. The zero-order valence-electron chi connectivity index (χ0n) is 7.39. The summed E-state index contributed by atoms with van der Waals surface area (Å²) in [6, 6.07) is 0. The molecule has 0 amide bonds. The van der Waals surface area contributed by atoms with E-state index >= 15 is 0 Å². The number of ether oxygens (including phenoxy) is 1. The molecule has 2 atom stereocenters. The quantitative estimate of drug-likeness (QED) is 0.560. The van der Waals surface area contributed by atoms with Crippen LogP contribution in [0.25, 0.3) is 0 Å². The summed E-state index contributed by atoms with van der Waals surface area (Å²) in [5.41, 5.74) is 0.533. The number of nitrogens with one attached hydrogen (secondary N) is 1. The lowest BCUT2D eigenvalue weighted by Gasteiger charge is -2.53. The minimum atomic E-state index is 0.533. The maximum atomic E-state index is 5.33. The van der Waals surface area contributed by atoms with Gasteiger partial charge in [0.25, 0.3) is 0 Å². The largest absolute Gasteiger partial charge is 0.380 e. The van der Waals surface area contributed by atoms with Crippen LogP contribution in [0.3, 0.4) is 0 Å². The van der Waals surface area contributed by atoms with Crippen LogP contribution in [0.5, 0.6) is 0 Å². The third-order valence-corrected chi connectivity index (χ3v) is 3.61. The van der Waals surface area contributed by atoms with Crippen LogP contribution in [0, 0.1) is 17.3 Å². The van der Waals surface area contributed by atoms with Crippen LogP contribution < -0.4 is 5.32 Å². The molecular formula is C9H17NO. The van der Waals surface area contributed by atoms with Gasteiger partial charge in [-0.1, -0.05) is 13.8 Å². The molecule has 2 unspecified atom stereocenters. The smallest absolute Gasteiger partial charge is 0.0550 e. The highest BCUT2D eigenvalue weighted by atomic mass is 16.5. The molecule has 2 heteroatoms. The van der Waals surface area contributed by atoms with Crippen LogP contribution >= 0.6 is 0 Å². The monoisotopic (exact) mass is 155 g/mol. The van der Waals surface area contributed by atoms with E-state index in [-0.39, 0.29) is 0 Å². The highest BCUT2D eigenvalue weighted by molar-refractivity contribution is 4.98. The molecule has 2 fully saturated rings. The minimum Gasteiger partial charge on any atom is -0.380 e. The molecule has 1 spiro atoms. The second-order valence-corrected chi connectivity index (χ2v) is 4.19. The fourth-order valence-corrected chi connectivity index (χ4v) is 2.32. The van der Waals surface area contributed by atoms with Crippen molar-refractivity contribution < 1.29 is 4.74 Å². The summed E-state index contributed by atoms with van der Waals surface area (Å²) in [7, 11) is 0. The lowest BCUT2D eigenvalue weighted by molar-refractivity contribution is -0.179. The predicted molar refractivity (Wildman–Crippen MR) is 44.4 cm³/mol. The zero-order chi connectivity index (χ0) is 7.90. The van der Waals surface area contributed by atoms with Gasteiger partial charge in [0.1, 0.15) is 0 Å². The number of rotatable bonds is 0. The van der Waals surface area contributed by atoms with Crippen molar-refractivity contribution in [3.8, 4) is 0 Å². The normalized spacial score (nSPS) is 42.0. The van der Waals surface area contributed by atoms with Crippen molar-refractivity contribution in [2.45, 2.75) is 13.8 Å². The maximum absolute atomic E-state index is 5.33. The maximum Gasteiger partial charge on any atom is 0.0550 e. The molecule has 1 N–H and O–H groups in total. The van der Waals surface area contributed by atoms with Crippen molar-refractivity contribution in [3.05, 3.63) is 0 Å². The second kappa shape index (κ2) is 2.46. The topological polar surface area (TPSA) is 21.3 Å². The first-order chi connectivity index (χ1) is 5.26. The molecule has 2 heterocycles. The predicted octanol–water partition coefficient (Wildman–Crippen LogP) is 0.878. The third-order valence-electron chi connectivity index (χ3n) is 3.61. The number of hydrogen-bond donors (Lipinski definition) is 1. The first-order valence-electron chi connectivity index (χ1n) is 4.54. The van der Waals surface area contributed by atoms with Crippen molar-refractivity contribution in [2.24, 2.45) is 17.3 Å². The summed E-state index contributed by atoms with van der Waals surface area (Å²) in [6.07, 6.45) is 0. The molecule has 0 bridgehead atoms. The van der Waals surface area contributed by atoms with Gasteiger partial charge in [0.15, 0.2) is 0 Å². The van der Waals surface area contributed by atoms with Crippen molar-refractivity contribution in [1.82, 2.24) is 5.32 Å². The van der Waals surface area contributed by atoms with Crippen molar-refractivity contribution in [2.75, 3.05) is 26.3 Å². The number of piperidine rings is 1. The summed E-state index contributed by atoms with van der Waals surface area (Å²) < 4.78 is 5.33. The Bertz CT molecular complexity index is 142. The van der Waals surface area contributed by atoms with E-state index in [2.05, 4.69) is 19.2 Å². The van der Waals surface area contributed by atoms with Crippen molar-refractivity contribution in [3.63, 3.8) is 0 Å². The molecule has 2 nitrogen and oxygen atoms in total. The molecule has 2 aliphatic rings. The second-order valence-electron chi connectivity index (χ2n) is 4.19. The molecule has 0 aliphatic carbocycles. The minimum absolute atomic E-state index is 0.533. The summed E-state index contributed by atoms with van der Waals surface area (Å²) in [5, 5.41) is 3.45. The van der Waals surface area contributed by atoms with Gasteiger partial charge in [0, 0.05) is 5.41 Å². The van der Waals surface area contributed by atoms with Crippen LogP contribution in [0.15, 0.2) is 0 Å². The van der Waals surface area contributed by atoms with E-state index in [0.29, 0.717) is 5.41 Å². The zero-order valence-corrected chi connectivity index (χ0v) is 7.39. The van der Waals surface area contributed by atoms with Crippen LogP contribution in [-0.2, 0) is 4.74 Å². The third kappa shape index (κ3) is 0.926. The highest BCUT2D eigenvalue weighted by Crippen LogP contribution is 2.44. The van der Waals surface area contributed by atoms with Crippen molar-refractivity contribution >= 4 is 0 Å². The van der Waals surface area contributed by atoms with Crippen LogP contribution in [0.1, 0.15) is 13.8 Å². The van der Waals surface area contributed by atoms with Crippen LogP contribution in [-0.4, -0.2) is 26.3 Å². The van der Waals surface area contributed by atoms with E-state index in [1.807, 2.05) is 0 Å². The van der Waals surface area contributed by atoms with Crippen molar-refractivity contribution in [1.29, 1.82) is 0 Å². The fraction of sp³-hybridized carbons (Fsp3) is 1.00. The molecule has 11 heavy (non-hydrogen) atoms. The Morgan fingerprint density at radius 1 is 1.18 bits per heavy atom. The SMILES string of the molecule is CC1CNCC(C)C12COC2. The van der Waals surface area contributed by atoms with Crippen LogP contribution in [0.4, 0.5) is 0 Å². The lowest BCUT2D eigenvalue weighted by Crippen LogP contribution is -2.60. The van der Waals surface area contributed by atoms with E-state index in [4.69, 9.17) is 4.74 Å². The first-order valence-corrected chi connectivity index (χ1v) is 4.54. The average molecular weight is 155 g/mol. The average Bonchev–Trinajstić information content (AvgIpc) is 1.83. The van der Waals surface area contributed by atoms with Crippen LogP contribution in [0.2, 0.25) is 0 Å². The molecule has 64 valence electrons. The summed E-state index contributed by atoms with van der Waals surface area (Å²) in [5.74, 6) is 1.58. The first kappa shape index (κ1) is 7.56. The van der Waals surface area contributed by atoms with E-state index in [1.165, 1.54) is 13.1 Å².